The van der Waals surface area contributed by atoms with Crippen LogP contribution in [0.4, 0.5) is 0 Å². The van der Waals surface area contributed by atoms with E-state index in [1.807, 2.05) is 6.92 Å². The average molecular weight is 232 g/mol. The molecule has 1 amide bonds. The van der Waals surface area contributed by atoms with Gasteiger partial charge in [-0.2, -0.15) is 11.8 Å². The summed E-state index contributed by atoms with van der Waals surface area (Å²) in [6.07, 6.45) is 1.09. The van der Waals surface area contributed by atoms with Crippen LogP contribution < -0.4 is 10.6 Å². The van der Waals surface area contributed by atoms with Crippen molar-refractivity contribution in [3.05, 3.63) is 0 Å². The first-order valence-corrected chi connectivity index (χ1v) is 6.66. The number of carbonyl (C=O) groups excluding carboxylic acids is 1. The Balaban J connectivity index is 2.12. The van der Waals surface area contributed by atoms with Crippen LogP contribution in [0.15, 0.2) is 0 Å². The zero-order valence-electron chi connectivity index (χ0n) is 9.16. The maximum absolute atomic E-state index is 11.6. The van der Waals surface area contributed by atoms with Gasteiger partial charge in [0.05, 0.1) is 12.1 Å². The molecular formula is C10H20N2O2S. The summed E-state index contributed by atoms with van der Waals surface area (Å²) in [6, 6.07) is -0.0532. The first-order valence-electron chi connectivity index (χ1n) is 5.51. The SMILES string of the molecule is CCC(O)CCNC(=O)C1CSCCN1. The van der Waals surface area contributed by atoms with Gasteiger partial charge in [-0.15, -0.1) is 0 Å². The summed E-state index contributed by atoms with van der Waals surface area (Å²) in [5.41, 5.74) is 0. The molecule has 0 aromatic rings. The Morgan fingerprint density at radius 3 is 3.13 bits per heavy atom. The van der Waals surface area contributed by atoms with Crippen LogP contribution in [0, 0.1) is 0 Å². The lowest BCUT2D eigenvalue weighted by atomic mass is 10.2. The first kappa shape index (κ1) is 12.8. The van der Waals surface area contributed by atoms with Crippen LogP contribution in [0.3, 0.4) is 0 Å². The molecular weight excluding hydrogens is 212 g/mol. The van der Waals surface area contributed by atoms with Crippen molar-refractivity contribution in [2.24, 2.45) is 0 Å². The molecule has 3 N–H and O–H groups in total. The van der Waals surface area contributed by atoms with Gasteiger partial charge in [0.25, 0.3) is 0 Å². The lowest BCUT2D eigenvalue weighted by Gasteiger charge is -2.22. The summed E-state index contributed by atoms with van der Waals surface area (Å²) in [5, 5.41) is 15.3. The summed E-state index contributed by atoms with van der Waals surface area (Å²) in [7, 11) is 0. The molecule has 0 spiro atoms. The number of rotatable bonds is 5. The highest BCUT2D eigenvalue weighted by Gasteiger charge is 2.20. The van der Waals surface area contributed by atoms with Crippen LogP contribution in [0.1, 0.15) is 19.8 Å². The van der Waals surface area contributed by atoms with Crippen molar-refractivity contribution < 1.29 is 9.90 Å². The van der Waals surface area contributed by atoms with E-state index in [-0.39, 0.29) is 18.1 Å². The molecule has 1 aliphatic rings. The van der Waals surface area contributed by atoms with Gasteiger partial charge in [0.1, 0.15) is 0 Å². The third-order valence-electron chi connectivity index (χ3n) is 2.49. The van der Waals surface area contributed by atoms with E-state index in [1.165, 1.54) is 0 Å². The second-order valence-electron chi connectivity index (χ2n) is 3.72. The van der Waals surface area contributed by atoms with Crippen molar-refractivity contribution in [1.29, 1.82) is 0 Å². The van der Waals surface area contributed by atoms with Crippen molar-refractivity contribution in [2.75, 3.05) is 24.6 Å². The fourth-order valence-electron chi connectivity index (χ4n) is 1.42. The minimum Gasteiger partial charge on any atom is -0.393 e. The molecule has 88 valence electrons. The molecule has 0 bridgehead atoms. The maximum atomic E-state index is 11.6. The Labute approximate surface area is 95.2 Å². The third-order valence-corrected chi connectivity index (χ3v) is 3.55. The van der Waals surface area contributed by atoms with Gasteiger partial charge < -0.3 is 15.7 Å². The predicted octanol–water partition coefficient (Wildman–Crippen LogP) is -0.0314. The average Bonchev–Trinajstić information content (AvgIpc) is 2.29. The topological polar surface area (TPSA) is 61.4 Å². The molecule has 15 heavy (non-hydrogen) atoms. The van der Waals surface area contributed by atoms with E-state index >= 15 is 0 Å². The van der Waals surface area contributed by atoms with Crippen molar-refractivity contribution in [3.8, 4) is 0 Å². The Bertz CT molecular complexity index is 196. The quantitative estimate of drug-likeness (QED) is 0.623. The summed E-state index contributed by atoms with van der Waals surface area (Å²) in [6.45, 7) is 3.41. The zero-order chi connectivity index (χ0) is 11.1. The minimum absolute atomic E-state index is 0.0532. The molecule has 1 rings (SSSR count). The van der Waals surface area contributed by atoms with E-state index in [0.717, 1.165) is 24.5 Å². The molecule has 0 aliphatic carbocycles. The number of aliphatic hydroxyl groups is 1. The maximum Gasteiger partial charge on any atom is 0.237 e. The molecule has 2 atom stereocenters. The van der Waals surface area contributed by atoms with Gasteiger partial charge in [-0.3, -0.25) is 4.79 Å². The molecule has 0 aromatic carbocycles. The third kappa shape index (κ3) is 4.86. The Morgan fingerprint density at radius 1 is 1.73 bits per heavy atom. The van der Waals surface area contributed by atoms with Gasteiger partial charge >= 0.3 is 0 Å². The van der Waals surface area contributed by atoms with Crippen LogP contribution in [0.2, 0.25) is 0 Å². The van der Waals surface area contributed by atoms with E-state index in [4.69, 9.17) is 0 Å². The van der Waals surface area contributed by atoms with Gasteiger partial charge in [0, 0.05) is 24.6 Å². The fourth-order valence-corrected chi connectivity index (χ4v) is 2.36. The highest BCUT2D eigenvalue weighted by atomic mass is 32.2. The molecule has 1 heterocycles. The standard InChI is InChI=1S/C10H20N2O2S/c1-2-8(13)3-4-12-10(14)9-7-15-6-5-11-9/h8-9,11,13H,2-7H2,1H3,(H,12,14). The smallest absolute Gasteiger partial charge is 0.237 e. The number of hydrogen-bond acceptors (Lipinski definition) is 4. The van der Waals surface area contributed by atoms with E-state index in [9.17, 15) is 9.90 Å². The highest BCUT2D eigenvalue weighted by Crippen LogP contribution is 2.07. The normalized spacial score (nSPS) is 23.5. The molecule has 5 heteroatoms. The first-order chi connectivity index (χ1) is 7.24. The molecule has 1 aliphatic heterocycles. The molecule has 2 unspecified atom stereocenters. The zero-order valence-corrected chi connectivity index (χ0v) is 9.98. The summed E-state index contributed by atoms with van der Waals surface area (Å²) >= 11 is 1.80. The molecule has 0 saturated carbocycles. The molecule has 4 nitrogen and oxygen atoms in total. The lowest BCUT2D eigenvalue weighted by molar-refractivity contribution is -0.122. The number of hydrogen-bond donors (Lipinski definition) is 3. The van der Waals surface area contributed by atoms with Crippen molar-refractivity contribution >= 4 is 17.7 Å². The van der Waals surface area contributed by atoms with Crippen molar-refractivity contribution in [3.63, 3.8) is 0 Å². The number of amides is 1. The molecule has 1 fully saturated rings. The van der Waals surface area contributed by atoms with Gasteiger partial charge in [0.15, 0.2) is 0 Å². The van der Waals surface area contributed by atoms with Crippen LogP contribution in [-0.4, -0.2) is 47.8 Å². The van der Waals surface area contributed by atoms with Gasteiger partial charge in [-0.25, -0.2) is 0 Å². The summed E-state index contributed by atoms with van der Waals surface area (Å²) in [4.78, 5) is 11.6. The van der Waals surface area contributed by atoms with Crippen LogP contribution in [0.5, 0.6) is 0 Å². The van der Waals surface area contributed by atoms with E-state index < -0.39 is 0 Å². The molecule has 0 aromatic heterocycles. The highest BCUT2D eigenvalue weighted by molar-refractivity contribution is 7.99. The number of aliphatic hydroxyl groups excluding tert-OH is 1. The van der Waals surface area contributed by atoms with Crippen molar-refractivity contribution in [2.45, 2.75) is 31.9 Å². The van der Waals surface area contributed by atoms with E-state index in [1.54, 1.807) is 11.8 Å². The van der Waals surface area contributed by atoms with E-state index in [0.29, 0.717) is 13.0 Å². The summed E-state index contributed by atoms with van der Waals surface area (Å²) in [5.74, 6) is 1.99. The monoisotopic (exact) mass is 232 g/mol. The van der Waals surface area contributed by atoms with E-state index in [2.05, 4.69) is 10.6 Å². The Morgan fingerprint density at radius 2 is 2.53 bits per heavy atom. The lowest BCUT2D eigenvalue weighted by Crippen LogP contribution is -2.49. The van der Waals surface area contributed by atoms with Gasteiger partial charge in [0.2, 0.25) is 5.91 Å². The van der Waals surface area contributed by atoms with Gasteiger partial charge in [-0.05, 0) is 12.8 Å². The minimum atomic E-state index is -0.293. The summed E-state index contributed by atoms with van der Waals surface area (Å²) < 4.78 is 0. The second-order valence-corrected chi connectivity index (χ2v) is 4.87. The van der Waals surface area contributed by atoms with Crippen LogP contribution in [-0.2, 0) is 4.79 Å². The van der Waals surface area contributed by atoms with Crippen LogP contribution >= 0.6 is 11.8 Å². The number of nitrogens with one attached hydrogen (secondary N) is 2. The Kier molecular flexibility index (Phi) is 6.05. The second kappa shape index (κ2) is 7.09. The van der Waals surface area contributed by atoms with Crippen molar-refractivity contribution in [1.82, 2.24) is 10.6 Å². The molecule has 0 radical (unpaired) electrons. The van der Waals surface area contributed by atoms with Crippen LogP contribution in [0.25, 0.3) is 0 Å². The largest absolute Gasteiger partial charge is 0.393 e. The Hall–Kier alpha value is -0.260. The number of carbonyl (C=O) groups is 1. The predicted molar refractivity (Wildman–Crippen MR) is 63.0 cm³/mol. The number of thioether (sulfide) groups is 1. The fraction of sp³-hybridized carbons (Fsp3) is 0.900. The van der Waals surface area contributed by atoms with Gasteiger partial charge in [-0.1, -0.05) is 6.92 Å². The molecule has 1 saturated heterocycles.